The molecule has 1 aliphatic rings. The Balaban J connectivity index is 1.47. The molecule has 1 saturated heterocycles. The fraction of sp³-hybridized carbons (Fsp3) is 0.207. The summed E-state index contributed by atoms with van der Waals surface area (Å²) in [5.74, 6) is 0.237. The summed E-state index contributed by atoms with van der Waals surface area (Å²) >= 11 is 6.01. The standard InChI is InChI=1S/C29H27ClN2O6/c1-3-13-37-25-12-9-20(16-26(25)36-2)17-32-28(34)24(27(33)31-29(32)35)15-19-7-10-23(11-8-19)38-18-21-5-4-6-22(30)14-21/h4-12,14-16H,3,13,17-18H2,1-2H3,(H,31,33,35)/b24-15+. The maximum Gasteiger partial charge on any atom is 0.331 e. The van der Waals surface area contributed by atoms with Gasteiger partial charge in [-0.3, -0.25) is 19.8 Å². The lowest BCUT2D eigenvalue weighted by molar-refractivity contribution is -0.130. The van der Waals surface area contributed by atoms with E-state index in [1.807, 2.05) is 25.1 Å². The number of nitrogens with zero attached hydrogens (tertiary/aromatic N) is 1. The summed E-state index contributed by atoms with van der Waals surface area (Å²) in [6.45, 7) is 2.83. The number of halogens is 1. The minimum Gasteiger partial charge on any atom is -0.493 e. The van der Waals surface area contributed by atoms with Crippen molar-refractivity contribution in [2.24, 2.45) is 0 Å². The molecule has 3 aromatic rings. The average Bonchev–Trinajstić information content (AvgIpc) is 2.92. The van der Waals surface area contributed by atoms with Crippen molar-refractivity contribution in [2.45, 2.75) is 26.5 Å². The Labute approximate surface area is 225 Å². The molecule has 0 atom stereocenters. The molecule has 1 fully saturated rings. The van der Waals surface area contributed by atoms with Gasteiger partial charge in [0.1, 0.15) is 17.9 Å². The lowest BCUT2D eigenvalue weighted by atomic mass is 10.1. The topological polar surface area (TPSA) is 94.2 Å². The highest BCUT2D eigenvalue weighted by Crippen LogP contribution is 2.29. The predicted octanol–water partition coefficient (Wildman–Crippen LogP) is 5.38. The van der Waals surface area contributed by atoms with Gasteiger partial charge in [-0.15, -0.1) is 0 Å². The lowest BCUT2D eigenvalue weighted by Crippen LogP contribution is -2.53. The second kappa shape index (κ2) is 12.3. The number of benzene rings is 3. The Morgan fingerprint density at radius 3 is 2.42 bits per heavy atom. The van der Waals surface area contributed by atoms with Gasteiger partial charge in [0.2, 0.25) is 0 Å². The van der Waals surface area contributed by atoms with E-state index in [1.165, 1.54) is 13.2 Å². The van der Waals surface area contributed by atoms with Crippen LogP contribution >= 0.6 is 11.6 Å². The van der Waals surface area contributed by atoms with Crippen molar-refractivity contribution >= 4 is 35.5 Å². The summed E-state index contributed by atoms with van der Waals surface area (Å²) in [4.78, 5) is 39.1. The molecule has 0 aliphatic carbocycles. The highest BCUT2D eigenvalue weighted by molar-refractivity contribution is 6.31. The fourth-order valence-electron chi connectivity index (χ4n) is 3.78. The zero-order chi connectivity index (χ0) is 27.1. The average molecular weight is 535 g/mol. The number of nitrogens with one attached hydrogen (secondary N) is 1. The van der Waals surface area contributed by atoms with Crippen molar-refractivity contribution in [3.63, 3.8) is 0 Å². The number of amides is 4. The first-order valence-corrected chi connectivity index (χ1v) is 12.4. The molecule has 196 valence electrons. The number of methoxy groups -OCH3 is 1. The monoisotopic (exact) mass is 534 g/mol. The van der Waals surface area contributed by atoms with Gasteiger partial charge in [-0.2, -0.15) is 0 Å². The smallest absolute Gasteiger partial charge is 0.331 e. The van der Waals surface area contributed by atoms with Gasteiger partial charge in [-0.1, -0.05) is 48.9 Å². The summed E-state index contributed by atoms with van der Waals surface area (Å²) in [5, 5.41) is 2.87. The van der Waals surface area contributed by atoms with Crippen molar-refractivity contribution < 1.29 is 28.6 Å². The van der Waals surface area contributed by atoms with Crippen molar-refractivity contribution in [3.8, 4) is 17.2 Å². The van der Waals surface area contributed by atoms with E-state index in [0.717, 1.165) is 16.9 Å². The zero-order valence-electron chi connectivity index (χ0n) is 21.0. The zero-order valence-corrected chi connectivity index (χ0v) is 21.8. The minimum atomic E-state index is -0.785. The van der Waals surface area contributed by atoms with E-state index < -0.39 is 17.8 Å². The van der Waals surface area contributed by atoms with Gasteiger partial charge in [0.15, 0.2) is 11.5 Å². The maximum absolute atomic E-state index is 13.2. The van der Waals surface area contributed by atoms with Crippen molar-refractivity contribution in [3.05, 3.63) is 94.0 Å². The second-order valence-electron chi connectivity index (χ2n) is 8.53. The number of rotatable bonds is 10. The molecular weight excluding hydrogens is 508 g/mol. The number of hydrogen-bond acceptors (Lipinski definition) is 6. The predicted molar refractivity (Wildman–Crippen MR) is 143 cm³/mol. The molecule has 1 aliphatic heterocycles. The van der Waals surface area contributed by atoms with Crippen LogP contribution < -0.4 is 19.5 Å². The molecule has 1 N–H and O–H groups in total. The number of barbiturate groups is 1. The Kier molecular flexibility index (Phi) is 8.66. The number of carbonyl (C=O) groups excluding carboxylic acids is 3. The Hall–Kier alpha value is -4.30. The van der Waals surface area contributed by atoms with E-state index in [0.29, 0.717) is 46.6 Å². The van der Waals surface area contributed by atoms with Crippen LogP contribution in [0.25, 0.3) is 6.08 Å². The molecule has 3 aromatic carbocycles. The number of carbonyl (C=O) groups is 3. The Morgan fingerprint density at radius 2 is 1.71 bits per heavy atom. The normalized spacial score (nSPS) is 14.4. The fourth-order valence-corrected chi connectivity index (χ4v) is 4.00. The van der Waals surface area contributed by atoms with Gasteiger partial charge in [0.25, 0.3) is 11.8 Å². The van der Waals surface area contributed by atoms with E-state index in [2.05, 4.69) is 5.32 Å². The quantitative estimate of drug-likeness (QED) is 0.277. The van der Waals surface area contributed by atoms with Gasteiger partial charge in [-0.25, -0.2) is 4.79 Å². The molecule has 38 heavy (non-hydrogen) atoms. The van der Waals surface area contributed by atoms with E-state index in [1.54, 1.807) is 48.5 Å². The van der Waals surface area contributed by atoms with Crippen LogP contribution in [0.3, 0.4) is 0 Å². The third kappa shape index (κ3) is 6.52. The molecule has 4 rings (SSSR count). The van der Waals surface area contributed by atoms with Gasteiger partial charge < -0.3 is 14.2 Å². The highest BCUT2D eigenvalue weighted by atomic mass is 35.5. The van der Waals surface area contributed by atoms with Crippen LogP contribution in [0.15, 0.2) is 72.3 Å². The first kappa shape index (κ1) is 26.8. The number of imide groups is 2. The van der Waals surface area contributed by atoms with Crippen LogP contribution in [0.2, 0.25) is 5.02 Å². The molecule has 0 spiro atoms. The highest BCUT2D eigenvalue weighted by Gasteiger charge is 2.35. The van der Waals surface area contributed by atoms with Crippen LogP contribution in [0.4, 0.5) is 4.79 Å². The SMILES string of the molecule is CCCOc1ccc(CN2C(=O)NC(=O)/C(=C\c3ccc(OCc4cccc(Cl)c4)cc3)C2=O)cc1OC. The molecule has 0 unspecified atom stereocenters. The van der Waals surface area contributed by atoms with Crippen molar-refractivity contribution in [1.82, 2.24) is 10.2 Å². The molecule has 1 heterocycles. The lowest BCUT2D eigenvalue weighted by Gasteiger charge is -2.26. The van der Waals surface area contributed by atoms with Crippen LogP contribution in [-0.4, -0.2) is 36.5 Å². The summed E-state index contributed by atoms with van der Waals surface area (Å²) in [6.07, 6.45) is 2.29. The molecule has 0 aromatic heterocycles. The maximum atomic E-state index is 13.2. The number of ether oxygens (including phenoxy) is 3. The summed E-state index contributed by atoms with van der Waals surface area (Å²) < 4.78 is 16.8. The third-order valence-electron chi connectivity index (χ3n) is 5.70. The summed E-state index contributed by atoms with van der Waals surface area (Å²) in [5.41, 5.74) is 2.03. The Bertz CT molecular complexity index is 1370. The molecule has 0 saturated carbocycles. The van der Waals surface area contributed by atoms with Crippen molar-refractivity contribution in [2.75, 3.05) is 13.7 Å². The van der Waals surface area contributed by atoms with Gasteiger partial charge in [0, 0.05) is 5.02 Å². The van der Waals surface area contributed by atoms with Crippen LogP contribution in [-0.2, 0) is 22.7 Å². The Morgan fingerprint density at radius 1 is 0.921 bits per heavy atom. The summed E-state index contributed by atoms with van der Waals surface area (Å²) in [7, 11) is 1.52. The summed E-state index contributed by atoms with van der Waals surface area (Å²) in [6, 6.07) is 18.7. The van der Waals surface area contributed by atoms with E-state index in [-0.39, 0.29) is 12.1 Å². The second-order valence-corrected chi connectivity index (χ2v) is 8.97. The first-order chi connectivity index (χ1) is 18.4. The molecule has 4 amide bonds. The van der Waals surface area contributed by atoms with E-state index in [4.69, 9.17) is 25.8 Å². The number of urea groups is 1. The molecule has 0 bridgehead atoms. The van der Waals surface area contributed by atoms with Crippen LogP contribution in [0.5, 0.6) is 17.2 Å². The first-order valence-electron chi connectivity index (χ1n) is 12.0. The van der Waals surface area contributed by atoms with Gasteiger partial charge >= 0.3 is 6.03 Å². The number of hydrogen-bond donors (Lipinski definition) is 1. The molecule has 9 heteroatoms. The minimum absolute atomic E-state index is 0.0457. The molecule has 0 radical (unpaired) electrons. The van der Waals surface area contributed by atoms with E-state index >= 15 is 0 Å². The van der Waals surface area contributed by atoms with Gasteiger partial charge in [0.05, 0.1) is 20.3 Å². The van der Waals surface area contributed by atoms with Crippen LogP contribution in [0.1, 0.15) is 30.0 Å². The molecular formula is C29H27ClN2O6. The van der Waals surface area contributed by atoms with Crippen molar-refractivity contribution in [1.29, 1.82) is 0 Å². The largest absolute Gasteiger partial charge is 0.493 e. The molecule has 8 nitrogen and oxygen atoms in total. The van der Waals surface area contributed by atoms with Gasteiger partial charge in [-0.05, 0) is 65.6 Å². The van der Waals surface area contributed by atoms with E-state index in [9.17, 15) is 14.4 Å². The van der Waals surface area contributed by atoms with Crippen LogP contribution in [0, 0.1) is 0 Å². The third-order valence-corrected chi connectivity index (χ3v) is 5.94.